The maximum atomic E-state index is 11.4. The van der Waals surface area contributed by atoms with Crippen LogP contribution in [0.25, 0.3) is 6.08 Å². The lowest BCUT2D eigenvalue weighted by Crippen LogP contribution is -2.29. The van der Waals surface area contributed by atoms with Crippen molar-refractivity contribution in [3.63, 3.8) is 0 Å². The molecule has 0 aromatic heterocycles. The molecule has 0 saturated carbocycles. The van der Waals surface area contributed by atoms with E-state index in [-0.39, 0.29) is 19.6 Å². The minimum Gasteiger partial charge on any atom is -0.452 e. The summed E-state index contributed by atoms with van der Waals surface area (Å²) in [7, 11) is 0. The van der Waals surface area contributed by atoms with Crippen molar-refractivity contribution in [3.05, 3.63) is 40.4 Å². The molecule has 0 heterocycles. The highest BCUT2D eigenvalue weighted by Gasteiger charge is 2.03. The summed E-state index contributed by atoms with van der Waals surface area (Å²) in [6.45, 7) is -0.103. The van der Waals surface area contributed by atoms with Crippen molar-refractivity contribution in [3.8, 4) is 6.07 Å². The first-order valence-electron chi connectivity index (χ1n) is 5.86. The number of nitriles is 1. The van der Waals surface area contributed by atoms with Crippen LogP contribution >= 0.6 is 15.9 Å². The van der Waals surface area contributed by atoms with Crippen LogP contribution in [0.5, 0.6) is 0 Å². The van der Waals surface area contributed by atoms with E-state index in [1.54, 1.807) is 6.08 Å². The van der Waals surface area contributed by atoms with Gasteiger partial charge in [-0.15, -0.1) is 0 Å². The predicted octanol–water partition coefficient (Wildman–Crippen LogP) is 2.04. The number of benzene rings is 1. The molecule has 0 aliphatic rings. The van der Waals surface area contributed by atoms with Gasteiger partial charge in [-0.1, -0.05) is 28.1 Å². The fraction of sp³-hybridized carbons (Fsp3) is 0.214. The predicted molar refractivity (Wildman–Crippen MR) is 77.4 cm³/mol. The molecule has 0 aliphatic carbocycles. The van der Waals surface area contributed by atoms with Gasteiger partial charge in [0, 0.05) is 17.1 Å². The molecule has 0 unspecified atom stereocenters. The first kappa shape index (κ1) is 15.9. The van der Waals surface area contributed by atoms with Gasteiger partial charge < -0.3 is 10.1 Å². The molecule has 5 nitrogen and oxygen atoms in total. The number of halogens is 1. The van der Waals surface area contributed by atoms with Gasteiger partial charge in [0.2, 0.25) is 0 Å². The normalized spacial score (nSPS) is 10.0. The first-order valence-corrected chi connectivity index (χ1v) is 6.65. The topological polar surface area (TPSA) is 79.2 Å². The molecule has 0 bridgehead atoms. The Hall–Kier alpha value is -2.13. The summed E-state index contributed by atoms with van der Waals surface area (Å²) in [6.07, 6.45) is 3.08. The van der Waals surface area contributed by atoms with Gasteiger partial charge in [-0.2, -0.15) is 5.26 Å². The second-order valence-electron chi connectivity index (χ2n) is 3.75. The fourth-order valence-electron chi connectivity index (χ4n) is 1.27. The number of rotatable bonds is 6. The monoisotopic (exact) mass is 336 g/mol. The maximum absolute atomic E-state index is 11.4. The van der Waals surface area contributed by atoms with Gasteiger partial charge in [0.1, 0.15) is 0 Å². The molecule has 6 heteroatoms. The smallest absolute Gasteiger partial charge is 0.331 e. The summed E-state index contributed by atoms with van der Waals surface area (Å²) in [4.78, 5) is 22.6. The van der Waals surface area contributed by atoms with Crippen LogP contribution in [0, 0.1) is 11.3 Å². The zero-order valence-electron chi connectivity index (χ0n) is 10.6. The summed E-state index contributed by atoms with van der Waals surface area (Å²) in [5.74, 6) is -1.02. The van der Waals surface area contributed by atoms with Gasteiger partial charge in [-0.05, 0) is 23.8 Å². The van der Waals surface area contributed by atoms with Crippen LogP contribution in [0.4, 0.5) is 0 Å². The number of esters is 1. The third kappa shape index (κ3) is 6.71. The Labute approximate surface area is 125 Å². The quantitative estimate of drug-likeness (QED) is 0.489. The van der Waals surface area contributed by atoms with Crippen LogP contribution in [0.3, 0.4) is 0 Å². The lowest BCUT2D eigenvalue weighted by molar-refractivity contribution is -0.143. The third-order valence-corrected chi connectivity index (χ3v) is 2.66. The molecular weight excluding hydrogens is 324 g/mol. The summed E-state index contributed by atoms with van der Waals surface area (Å²) in [6, 6.07) is 9.30. The molecule has 0 radical (unpaired) electrons. The van der Waals surface area contributed by atoms with E-state index in [9.17, 15) is 9.59 Å². The van der Waals surface area contributed by atoms with Crippen molar-refractivity contribution in [2.45, 2.75) is 6.42 Å². The van der Waals surface area contributed by atoms with Crippen molar-refractivity contribution in [1.82, 2.24) is 5.32 Å². The molecule has 104 valence electrons. The minimum atomic E-state index is -0.597. The molecule has 0 aliphatic heterocycles. The highest BCUT2D eigenvalue weighted by Crippen LogP contribution is 2.12. The molecule has 1 aromatic rings. The van der Waals surface area contributed by atoms with Crippen LogP contribution in [-0.4, -0.2) is 25.0 Å². The largest absolute Gasteiger partial charge is 0.452 e. The lowest BCUT2D eigenvalue weighted by atomic mass is 10.2. The third-order valence-electron chi connectivity index (χ3n) is 2.17. The zero-order chi connectivity index (χ0) is 14.8. The molecule has 1 N–H and O–H groups in total. The Morgan fingerprint density at radius 2 is 2.25 bits per heavy atom. The van der Waals surface area contributed by atoms with Crippen molar-refractivity contribution < 1.29 is 14.3 Å². The van der Waals surface area contributed by atoms with Crippen LogP contribution in [0.15, 0.2) is 34.8 Å². The molecule has 1 amide bonds. The van der Waals surface area contributed by atoms with Gasteiger partial charge in [-0.3, -0.25) is 4.79 Å². The number of carbonyl (C=O) groups excluding carboxylic acids is 2. The van der Waals surface area contributed by atoms with Crippen LogP contribution in [-0.2, 0) is 14.3 Å². The van der Waals surface area contributed by atoms with E-state index in [0.717, 1.165) is 10.0 Å². The molecule has 0 atom stereocenters. The summed E-state index contributed by atoms with van der Waals surface area (Å²) in [5, 5.41) is 10.7. The Kier molecular flexibility index (Phi) is 7.07. The van der Waals surface area contributed by atoms with E-state index >= 15 is 0 Å². The Morgan fingerprint density at radius 3 is 2.95 bits per heavy atom. The van der Waals surface area contributed by atoms with Gasteiger partial charge in [0.05, 0.1) is 12.5 Å². The zero-order valence-corrected chi connectivity index (χ0v) is 12.2. The molecule has 1 aromatic carbocycles. The Morgan fingerprint density at radius 1 is 1.45 bits per heavy atom. The Balaban J connectivity index is 2.33. The van der Waals surface area contributed by atoms with Gasteiger partial charge in [-0.25, -0.2) is 4.79 Å². The second kappa shape index (κ2) is 8.88. The number of nitrogens with one attached hydrogen (secondary N) is 1. The van der Waals surface area contributed by atoms with E-state index in [2.05, 4.69) is 21.2 Å². The number of hydrogen-bond acceptors (Lipinski definition) is 4. The molecular formula is C14H13BrN2O3. The number of amides is 1. The maximum Gasteiger partial charge on any atom is 0.331 e. The molecule has 0 fully saturated rings. The van der Waals surface area contributed by atoms with Crippen LogP contribution in [0.1, 0.15) is 12.0 Å². The van der Waals surface area contributed by atoms with Crippen molar-refractivity contribution in [2.24, 2.45) is 0 Å². The van der Waals surface area contributed by atoms with Crippen molar-refractivity contribution in [2.75, 3.05) is 13.2 Å². The summed E-state index contributed by atoms with van der Waals surface area (Å²) >= 11 is 3.32. The van der Waals surface area contributed by atoms with Crippen LogP contribution < -0.4 is 5.32 Å². The van der Waals surface area contributed by atoms with Gasteiger partial charge >= 0.3 is 5.97 Å². The highest BCUT2D eigenvalue weighted by molar-refractivity contribution is 9.10. The number of carbonyl (C=O) groups is 2. The van der Waals surface area contributed by atoms with Gasteiger partial charge in [0.15, 0.2) is 6.61 Å². The van der Waals surface area contributed by atoms with E-state index in [1.165, 1.54) is 6.08 Å². The van der Waals surface area contributed by atoms with E-state index in [0.29, 0.717) is 0 Å². The average molecular weight is 337 g/mol. The molecule has 20 heavy (non-hydrogen) atoms. The van der Waals surface area contributed by atoms with Crippen LogP contribution in [0.2, 0.25) is 0 Å². The first-order chi connectivity index (χ1) is 9.61. The summed E-state index contributed by atoms with van der Waals surface area (Å²) in [5.41, 5.74) is 0.842. The number of hydrogen-bond donors (Lipinski definition) is 1. The van der Waals surface area contributed by atoms with E-state index in [1.807, 2.05) is 30.3 Å². The van der Waals surface area contributed by atoms with Gasteiger partial charge in [0.25, 0.3) is 5.91 Å². The standard InChI is InChI=1S/C14H13BrN2O3/c15-12-4-1-3-11(9-12)5-6-14(19)20-10-13(18)17-8-2-7-16/h1,3-6,9H,2,8,10H2,(H,17,18)/b6-5+. The van der Waals surface area contributed by atoms with Crippen molar-refractivity contribution in [1.29, 1.82) is 5.26 Å². The Bertz CT molecular complexity index is 550. The number of ether oxygens (including phenoxy) is 1. The fourth-order valence-corrected chi connectivity index (χ4v) is 1.69. The SMILES string of the molecule is N#CCCNC(=O)COC(=O)/C=C/c1cccc(Br)c1. The number of nitrogens with zero attached hydrogens (tertiary/aromatic N) is 1. The minimum absolute atomic E-state index is 0.225. The second-order valence-corrected chi connectivity index (χ2v) is 4.67. The lowest BCUT2D eigenvalue weighted by Gasteiger charge is -2.02. The average Bonchev–Trinajstić information content (AvgIpc) is 2.43. The summed E-state index contributed by atoms with van der Waals surface area (Å²) < 4.78 is 5.66. The highest BCUT2D eigenvalue weighted by atomic mass is 79.9. The van der Waals surface area contributed by atoms with E-state index < -0.39 is 11.9 Å². The molecule has 0 saturated heterocycles. The van der Waals surface area contributed by atoms with E-state index in [4.69, 9.17) is 10.00 Å². The van der Waals surface area contributed by atoms with Crippen molar-refractivity contribution >= 4 is 33.9 Å². The molecule has 1 rings (SSSR count). The molecule has 0 spiro atoms.